The summed E-state index contributed by atoms with van der Waals surface area (Å²) in [5.74, 6) is 0.175. The minimum Gasteiger partial charge on any atom is -0.505 e. The molecule has 34 heavy (non-hydrogen) atoms. The third kappa shape index (κ3) is 8.22. The van der Waals surface area contributed by atoms with Gasteiger partial charge in [-0.15, -0.1) is 0 Å². The third-order valence-electron chi connectivity index (χ3n) is 5.20. The van der Waals surface area contributed by atoms with E-state index in [2.05, 4.69) is 6.92 Å². The van der Waals surface area contributed by atoms with E-state index in [-0.39, 0.29) is 18.1 Å². The van der Waals surface area contributed by atoms with E-state index in [0.29, 0.717) is 10.1 Å². The number of thioether (sulfide) groups is 1. The molecule has 1 unspecified atom stereocenters. The molecule has 0 radical (unpaired) electrons. The van der Waals surface area contributed by atoms with Gasteiger partial charge < -0.3 is 15.1 Å². The first kappa shape index (κ1) is 27.5. The second kappa shape index (κ2) is 14.5. The Hall–Kier alpha value is -2.77. The van der Waals surface area contributed by atoms with Gasteiger partial charge in [0.25, 0.3) is 6.47 Å². The van der Waals surface area contributed by atoms with Crippen LogP contribution in [0.4, 0.5) is 5.69 Å². The number of nitrogens with zero attached hydrogens (tertiary/aromatic N) is 2. The van der Waals surface area contributed by atoms with Crippen LogP contribution in [0.1, 0.15) is 49.0 Å². The molecule has 1 fully saturated rings. The molecule has 1 amide bonds. The summed E-state index contributed by atoms with van der Waals surface area (Å²) in [7, 11) is 0. The Labute approximate surface area is 210 Å². The lowest BCUT2D eigenvalue weighted by molar-refractivity contribution is -0.129. The van der Waals surface area contributed by atoms with Crippen LogP contribution in [0.2, 0.25) is 5.02 Å². The number of amides is 1. The van der Waals surface area contributed by atoms with Crippen molar-refractivity contribution in [1.29, 1.82) is 0 Å². The van der Waals surface area contributed by atoms with Crippen LogP contribution in [0.25, 0.3) is 0 Å². The second-order valence-corrected chi connectivity index (χ2v) is 9.30. The van der Waals surface area contributed by atoms with E-state index >= 15 is 0 Å². The molecule has 3 rings (SSSR count). The molecule has 0 saturated carbocycles. The van der Waals surface area contributed by atoms with Crippen molar-refractivity contribution in [3.05, 3.63) is 76.5 Å². The van der Waals surface area contributed by atoms with Crippen LogP contribution in [-0.2, 0) is 9.59 Å². The molecule has 0 bridgehead atoms. The average Bonchev–Trinajstić information content (AvgIpc) is 3.37. The van der Waals surface area contributed by atoms with Crippen molar-refractivity contribution in [2.45, 2.75) is 44.8 Å². The van der Waals surface area contributed by atoms with Crippen molar-refractivity contribution in [1.82, 2.24) is 4.90 Å². The molecule has 0 aromatic heterocycles. The number of allylic oxidation sites excluding steroid dienone is 1. The van der Waals surface area contributed by atoms with E-state index in [1.54, 1.807) is 12.1 Å². The number of hydrogen-bond donors (Lipinski definition) is 2. The number of carbonyl (C=O) groups is 2. The predicted molar refractivity (Wildman–Crippen MR) is 140 cm³/mol. The summed E-state index contributed by atoms with van der Waals surface area (Å²) in [5, 5.41) is 18.4. The van der Waals surface area contributed by atoms with Crippen molar-refractivity contribution in [2.24, 2.45) is 4.99 Å². The van der Waals surface area contributed by atoms with Crippen LogP contribution in [0.5, 0.6) is 0 Å². The first-order valence-electron chi connectivity index (χ1n) is 11.2. The van der Waals surface area contributed by atoms with Crippen molar-refractivity contribution < 1.29 is 19.8 Å². The Morgan fingerprint density at radius 2 is 1.85 bits per heavy atom. The Morgan fingerprint density at radius 3 is 2.44 bits per heavy atom. The lowest BCUT2D eigenvalue weighted by Gasteiger charge is -2.23. The van der Waals surface area contributed by atoms with E-state index in [1.165, 1.54) is 11.8 Å². The normalized spacial score (nSPS) is 14.9. The second-order valence-electron chi connectivity index (χ2n) is 7.77. The average molecular weight is 503 g/mol. The number of unbranched alkanes of at least 4 members (excludes halogenated alkanes) is 1. The fourth-order valence-corrected chi connectivity index (χ4v) is 4.82. The lowest BCUT2D eigenvalue weighted by atomic mass is 10.1. The molecular formula is C26H31ClN2O4S. The monoisotopic (exact) mass is 502 g/mol. The molecule has 1 saturated heterocycles. The van der Waals surface area contributed by atoms with E-state index in [9.17, 15) is 9.90 Å². The molecule has 6 nitrogen and oxygen atoms in total. The third-order valence-corrected chi connectivity index (χ3v) is 6.67. The van der Waals surface area contributed by atoms with Crippen LogP contribution < -0.4 is 0 Å². The zero-order chi connectivity index (χ0) is 24.9. The van der Waals surface area contributed by atoms with E-state index in [4.69, 9.17) is 26.5 Å². The van der Waals surface area contributed by atoms with Gasteiger partial charge in [0.1, 0.15) is 16.1 Å². The number of likely N-dealkylation sites (tertiary alicyclic amines) is 1. The Balaban J connectivity index is 0.00000129. The lowest BCUT2D eigenvalue weighted by Crippen LogP contribution is -2.32. The summed E-state index contributed by atoms with van der Waals surface area (Å²) in [6.45, 7) is 5.30. The maximum atomic E-state index is 13.4. The van der Waals surface area contributed by atoms with Crippen LogP contribution in [0.3, 0.4) is 0 Å². The molecule has 0 aliphatic carbocycles. The van der Waals surface area contributed by atoms with Crippen LogP contribution in [0.15, 0.2) is 65.4 Å². The fraction of sp³-hybridized carbons (Fsp3) is 0.346. The SMILES string of the molecule is CCC/C=C(\O)C(=Nc1ccc(Cl)cc1C)SC(C(=O)N1CCCC1)c1ccccc1.O=CO. The van der Waals surface area contributed by atoms with Crippen molar-refractivity contribution in [2.75, 3.05) is 13.1 Å². The van der Waals surface area contributed by atoms with Crippen LogP contribution in [-0.4, -0.2) is 45.6 Å². The minimum atomic E-state index is -0.470. The highest BCUT2D eigenvalue weighted by atomic mass is 35.5. The fourth-order valence-electron chi connectivity index (χ4n) is 3.47. The van der Waals surface area contributed by atoms with Gasteiger partial charge in [-0.2, -0.15) is 0 Å². The largest absolute Gasteiger partial charge is 0.505 e. The number of benzene rings is 2. The number of rotatable bonds is 7. The molecule has 182 valence electrons. The quantitative estimate of drug-likeness (QED) is 0.190. The highest BCUT2D eigenvalue weighted by Gasteiger charge is 2.30. The summed E-state index contributed by atoms with van der Waals surface area (Å²) in [5.41, 5.74) is 2.55. The van der Waals surface area contributed by atoms with E-state index in [1.807, 2.05) is 54.3 Å². The van der Waals surface area contributed by atoms with Crippen molar-refractivity contribution in [3.63, 3.8) is 0 Å². The summed E-state index contributed by atoms with van der Waals surface area (Å²) < 4.78 is 0. The van der Waals surface area contributed by atoms with Crippen LogP contribution >= 0.6 is 23.4 Å². The molecule has 2 aromatic carbocycles. The zero-order valence-corrected chi connectivity index (χ0v) is 21.1. The van der Waals surface area contributed by atoms with Gasteiger partial charge in [0, 0.05) is 18.1 Å². The number of aryl methyl sites for hydroxylation is 1. The standard InChI is InChI=1S/C25H29ClN2O2S.CH2O2/c1-3-4-12-22(29)24(27-21-14-13-20(26)17-18(21)2)31-23(19-10-6-5-7-11-19)25(30)28-15-8-9-16-28;2-1-3/h5-7,10-14,17,23,29H,3-4,8-9,15-16H2,1-2H3;1H,(H,2,3)/b22-12-,27-24?;. The Kier molecular flexibility index (Phi) is 11.7. The molecule has 1 aliphatic rings. The van der Waals surface area contributed by atoms with Gasteiger partial charge in [0.15, 0.2) is 0 Å². The topological polar surface area (TPSA) is 90.2 Å². The number of carbonyl (C=O) groups excluding carboxylic acids is 1. The van der Waals surface area contributed by atoms with Gasteiger partial charge in [-0.1, -0.05) is 67.0 Å². The van der Waals surface area contributed by atoms with Gasteiger partial charge in [-0.05, 0) is 61.6 Å². The van der Waals surface area contributed by atoms with Gasteiger partial charge in [0.2, 0.25) is 5.91 Å². The predicted octanol–water partition coefficient (Wildman–Crippen LogP) is 6.72. The first-order valence-corrected chi connectivity index (χ1v) is 12.5. The maximum absolute atomic E-state index is 13.4. The van der Waals surface area contributed by atoms with Crippen molar-refractivity contribution >= 4 is 46.5 Å². The maximum Gasteiger partial charge on any atom is 0.290 e. The molecule has 1 aliphatic heterocycles. The summed E-state index contributed by atoms with van der Waals surface area (Å²) in [6.07, 6.45) is 5.49. The number of aliphatic hydroxyl groups excluding tert-OH is 1. The summed E-state index contributed by atoms with van der Waals surface area (Å²) in [4.78, 5) is 28.5. The molecule has 8 heteroatoms. The van der Waals surface area contributed by atoms with Gasteiger partial charge in [-0.25, -0.2) is 4.99 Å². The number of halogens is 1. The van der Waals surface area contributed by atoms with E-state index in [0.717, 1.165) is 55.6 Å². The molecular weight excluding hydrogens is 472 g/mol. The van der Waals surface area contributed by atoms with Crippen molar-refractivity contribution in [3.8, 4) is 0 Å². The van der Waals surface area contributed by atoms with Gasteiger partial charge in [-0.3, -0.25) is 9.59 Å². The molecule has 1 atom stereocenters. The highest BCUT2D eigenvalue weighted by molar-refractivity contribution is 8.15. The van der Waals surface area contributed by atoms with Gasteiger partial charge in [0.05, 0.1) is 5.69 Å². The molecule has 1 heterocycles. The Bertz CT molecular complexity index is 1010. The number of hydrogen-bond acceptors (Lipinski definition) is 5. The first-order chi connectivity index (χ1) is 16.4. The number of carboxylic acid groups (broad SMARTS) is 1. The van der Waals surface area contributed by atoms with E-state index < -0.39 is 5.25 Å². The zero-order valence-electron chi connectivity index (χ0n) is 19.5. The summed E-state index contributed by atoms with van der Waals surface area (Å²) >= 11 is 7.41. The van der Waals surface area contributed by atoms with Crippen LogP contribution in [0, 0.1) is 6.92 Å². The highest BCUT2D eigenvalue weighted by Crippen LogP contribution is 2.36. The number of aliphatic imine (C=N–C) groups is 1. The Morgan fingerprint density at radius 1 is 1.21 bits per heavy atom. The summed E-state index contributed by atoms with van der Waals surface area (Å²) in [6, 6.07) is 15.2. The van der Waals surface area contributed by atoms with Gasteiger partial charge >= 0.3 is 0 Å². The molecule has 0 spiro atoms. The number of aliphatic hydroxyl groups is 1. The molecule has 2 aromatic rings. The minimum absolute atomic E-state index is 0.0671. The molecule has 2 N–H and O–H groups in total. The smallest absolute Gasteiger partial charge is 0.290 e.